The molecule has 5 nitrogen and oxygen atoms in total. The van der Waals surface area contributed by atoms with Gasteiger partial charge < -0.3 is 19.5 Å². The van der Waals surface area contributed by atoms with Crippen LogP contribution in [0.15, 0.2) is 79.0 Å². The van der Waals surface area contributed by atoms with Crippen molar-refractivity contribution in [3.8, 4) is 11.4 Å². The lowest BCUT2D eigenvalue weighted by atomic mass is 9.96. The van der Waals surface area contributed by atoms with E-state index in [1.165, 1.54) is 12.1 Å². The molecular formula is C27H25FN4OS. The standard InChI is InChI=1S/C27H25FN4OS/c1-17-16-21(18(2)31(17)20-13-11-19(28)12-14-20)26-25(22-8-6-7-15-29-22)30-27(34)32(26)23-9-4-5-10-24(23)33-3/h4-16,25-26H,1-3H3,(H,30,34)/t25-,26+/m1/s1. The Labute approximate surface area is 203 Å². The summed E-state index contributed by atoms with van der Waals surface area (Å²) < 4.78 is 21.4. The van der Waals surface area contributed by atoms with Crippen molar-refractivity contribution in [1.29, 1.82) is 0 Å². The molecule has 0 unspecified atom stereocenters. The zero-order chi connectivity index (χ0) is 23.8. The summed E-state index contributed by atoms with van der Waals surface area (Å²) in [6, 6.07) is 22.2. The molecule has 7 heteroatoms. The first-order chi connectivity index (χ1) is 16.5. The van der Waals surface area contributed by atoms with Gasteiger partial charge in [-0.25, -0.2) is 4.39 Å². The van der Waals surface area contributed by atoms with Crippen LogP contribution in [-0.2, 0) is 0 Å². The minimum Gasteiger partial charge on any atom is -0.495 e. The van der Waals surface area contributed by atoms with Gasteiger partial charge in [0, 0.05) is 23.3 Å². The highest BCUT2D eigenvalue weighted by Crippen LogP contribution is 2.46. The van der Waals surface area contributed by atoms with Crippen molar-refractivity contribution in [2.24, 2.45) is 0 Å². The van der Waals surface area contributed by atoms with Crippen LogP contribution in [0.2, 0.25) is 0 Å². The maximum absolute atomic E-state index is 13.6. The van der Waals surface area contributed by atoms with E-state index in [4.69, 9.17) is 17.0 Å². The van der Waals surface area contributed by atoms with Crippen LogP contribution in [0.1, 0.15) is 34.7 Å². The van der Waals surface area contributed by atoms with Crippen molar-refractivity contribution in [2.45, 2.75) is 25.9 Å². The highest BCUT2D eigenvalue weighted by molar-refractivity contribution is 7.80. The van der Waals surface area contributed by atoms with E-state index in [2.05, 4.69) is 39.7 Å². The van der Waals surface area contributed by atoms with E-state index in [0.717, 1.165) is 39.8 Å². The van der Waals surface area contributed by atoms with E-state index >= 15 is 0 Å². The van der Waals surface area contributed by atoms with Gasteiger partial charge in [-0.15, -0.1) is 0 Å². The molecule has 4 aromatic rings. The first-order valence-corrected chi connectivity index (χ1v) is 11.5. The summed E-state index contributed by atoms with van der Waals surface area (Å²) in [6.45, 7) is 4.15. The number of nitrogens with zero attached hydrogens (tertiary/aromatic N) is 3. The Morgan fingerprint density at radius 2 is 1.74 bits per heavy atom. The number of nitrogens with one attached hydrogen (secondary N) is 1. The molecule has 2 aromatic heterocycles. The number of para-hydroxylation sites is 2. The van der Waals surface area contributed by atoms with Crippen molar-refractivity contribution in [1.82, 2.24) is 14.9 Å². The number of rotatable bonds is 5. The quantitative estimate of drug-likeness (QED) is 0.371. The van der Waals surface area contributed by atoms with E-state index in [1.54, 1.807) is 25.4 Å². The number of aromatic nitrogens is 2. The van der Waals surface area contributed by atoms with E-state index < -0.39 is 0 Å². The SMILES string of the molecule is COc1ccccc1N1C(=S)N[C@H](c2ccccn2)[C@@H]1c1cc(C)n(-c2ccc(F)cc2)c1C. The third-order valence-electron chi connectivity index (χ3n) is 6.32. The smallest absolute Gasteiger partial charge is 0.174 e. The monoisotopic (exact) mass is 472 g/mol. The van der Waals surface area contributed by atoms with E-state index in [1.807, 2.05) is 42.5 Å². The van der Waals surface area contributed by atoms with Crippen LogP contribution < -0.4 is 15.0 Å². The fourth-order valence-corrected chi connectivity index (χ4v) is 5.17. The summed E-state index contributed by atoms with van der Waals surface area (Å²) in [4.78, 5) is 6.76. The Balaban J connectivity index is 1.70. The Bertz CT molecular complexity index is 1340. The van der Waals surface area contributed by atoms with Crippen molar-refractivity contribution >= 4 is 23.0 Å². The molecule has 0 radical (unpaired) electrons. The molecule has 0 saturated carbocycles. The number of ether oxygens (including phenoxy) is 1. The number of methoxy groups -OCH3 is 1. The molecule has 172 valence electrons. The lowest BCUT2D eigenvalue weighted by molar-refractivity contribution is 0.414. The van der Waals surface area contributed by atoms with E-state index in [-0.39, 0.29) is 17.9 Å². The van der Waals surface area contributed by atoms with E-state index in [9.17, 15) is 4.39 Å². The van der Waals surface area contributed by atoms with Gasteiger partial charge in [0.1, 0.15) is 11.6 Å². The predicted molar refractivity (Wildman–Crippen MR) is 136 cm³/mol. The second-order valence-corrected chi connectivity index (χ2v) is 8.69. The number of thiocarbonyl (C=S) groups is 1. The highest BCUT2D eigenvalue weighted by Gasteiger charge is 2.43. The number of benzene rings is 2. The Morgan fingerprint density at radius 3 is 2.44 bits per heavy atom. The maximum atomic E-state index is 13.6. The molecule has 1 fully saturated rings. The lowest BCUT2D eigenvalue weighted by Gasteiger charge is -2.29. The minimum atomic E-state index is -0.255. The van der Waals surface area contributed by atoms with E-state index in [0.29, 0.717) is 5.11 Å². The van der Waals surface area contributed by atoms with Gasteiger partial charge in [0.15, 0.2) is 5.11 Å². The molecular weight excluding hydrogens is 447 g/mol. The lowest BCUT2D eigenvalue weighted by Crippen LogP contribution is -2.30. The number of aryl methyl sites for hydroxylation is 1. The van der Waals surface area contributed by atoms with Gasteiger partial charge in [-0.05, 0) is 86.2 Å². The van der Waals surface area contributed by atoms with Gasteiger partial charge in [0.05, 0.1) is 30.6 Å². The van der Waals surface area contributed by atoms with Crippen LogP contribution in [0, 0.1) is 19.7 Å². The minimum absolute atomic E-state index is 0.166. The Kier molecular flexibility index (Phi) is 5.79. The van der Waals surface area contributed by atoms with Gasteiger partial charge in [0.2, 0.25) is 0 Å². The van der Waals surface area contributed by atoms with Crippen molar-refractivity contribution in [2.75, 3.05) is 12.0 Å². The summed E-state index contributed by atoms with van der Waals surface area (Å²) in [5.74, 6) is 0.486. The largest absolute Gasteiger partial charge is 0.495 e. The fourth-order valence-electron chi connectivity index (χ4n) is 4.83. The number of hydrogen-bond donors (Lipinski definition) is 1. The van der Waals surface area contributed by atoms with Crippen LogP contribution >= 0.6 is 12.2 Å². The summed E-state index contributed by atoms with van der Waals surface area (Å²) >= 11 is 5.86. The zero-order valence-electron chi connectivity index (χ0n) is 19.2. The van der Waals surface area contributed by atoms with Gasteiger partial charge in [0.25, 0.3) is 0 Å². The van der Waals surface area contributed by atoms with Crippen LogP contribution in [0.3, 0.4) is 0 Å². The molecule has 5 rings (SSSR count). The second-order valence-electron chi connectivity index (χ2n) is 8.31. The van der Waals surface area contributed by atoms with Crippen LogP contribution in [0.5, 0.6) is 5.75 Å². The fraction of sp³-hybridized carbons (Fsp3) is 0.185. The van der Waals surface area contributed by atoms with Crippen molar-refractivity contribution in [3.05, 3.63) is 107 Å². The first-order valence-electron chi connectivity index (χ1n) is 11.1. The van der Waals surface area contributed by atoms with Crippen LogP contribution in [-0.4, -0.2) is 21.8 Å². The summed E-state index contributed by atoms with van der Waals surface area (Å²) in [5, 5.41) is 4.11. The van der Waals surface area contributed by atoms with Crippen molar-refractivity contribution in [3.63, 3.8) is 0 Å². The molecule has 34 heavy (non-hydrogen) atoms. The normalized spacial score (nSPS) is 17.6. The predicted octanol–water partition coefficient (Wildman–Crippen LogP) is 5.81. The number of pyridine rings is 1. The van der Waals surface area contributed by atoms with Crippen molar-refractivity contribution < 1.29 is 9.13 Å². The number of anilines is 1. The van der Waals surface area contributed by atoms with Gasteiger partial charge in [-0.3, -0.25) is 4.98 Å². The summed E-state index contributed by atoms with van der Waals surface area (Å²) in [7, 11) is 1.66. The van der Waals surface area contributed by atoms with Gasteiger partial charge in [-0.2, -0.15) is 0 Å². The van der Waals surface area contributed by atoms with Gasteiger partial charge >= 0.3 is 0 Å². The molecule has 0 amide bonds. The molecule has 1 saturated heterocycles. The van der Waals surface area contributed by atoms with Gasteiger partial charge in [-0.1, -0.05) is 18.2 Å². The molecule has 1 aliphatic heterocycles. The first kappa shape index (κ1) is 22.1. The molecule has 0 bridgehead atoms. The average Bonchev–Trinajstić information content (AvgIpc) is 3.35. The molecule has 0 aliphatic carbocycles. The molecule has 3 heterocycles. The molecule has 0 spiro atoms. The number of hydrogen-bond acceptors (Lipinski definition) is 3. The molecule has 2 atom stereocenters. The summed E-state index contributed by atoms with van der Waals surface area (Å²) in [6.07, 6.45) is 1.80. The third-order valence-corrected chi connectivity index (χ3v) is 6.63. The Hall–Kier alpha value is -3.71. The topological polar surface area (TPSA) is 42.3 Å². The molecule has 1 aliphatic rings. The zero-order valence-corrected chi connectivity index (χ0v) is 20.0. The Morgan fingerprint density at radius 1 is 1.00 bits per heavy atom. The highest BCUT2D eigenvalue weighted by atomic mass is 32.1. The van der Waals surface area contributed by atoms with Crippen LogP contribution in [0.4, 0.5) is 10.1 Å². The maximum Gasteiger partial charge on any atom is 0.174 e. The van der Waals surface area contributed by atoms with Crippen LogP contribution in [0.25, 0.3) is 5.69 Å². The second kappa shape index (κ2) is 8.91. The molecule has 1 N–H and O–H groups in total. The third kappa shape index (κ3) is 3.72. The average molecular weight is 473 g/mol. The number of halogens is 1. The summed E-state index contributed by atoms with van der Waals surface area (Å²) in [5.41, 5.74) is 5.92. The molecule has 2 aromatic carbocycles.